The molecule has 1 aromatic rings. The second kappa shape index (κ2) is 9.23. The summed E-state index contributed by atoms with van der Waals surface area (Å²) in [5, 5.41) is 12.1. The molecule has 4 heteroatoms. The van der Waals surface area contributed by atoms with Crippen molar-refractivity contribution in [1.82, 2.24) is 5.32 Å². The molecule has 0 spiro atoms. The van der Waals surface area contributed by atoms with Crippen LogP contribution in [0.5, 0.6) is 11.5 Å². The predicted octanol–water partition coefficient (Wildman–Crippen LogP) is 2.75. The van der Waals surface area contributed by atoms with E-state index in [1.54, 1.807) is 0 Å². The Morgan fingerprint density at radius 3 is 2.63 bits per heavy atom. The summed E-state index contributed by atoms with van der Waals surface area (Å²) in [6.07, 6.45) is 1.70. The maximum absolute atomic E-state index is 8.98. The van der Waals surface area contributed by atoms with Crippen molar-refractivity contribution in [3.8, 4) is 17.6 Å². The van der Waals surface area contributed by atoms with Crippen molar-refractivity contribution >= 4 is 0 Å². The molecule has 0 bridgehead atoms. The minimum absolute atomic E-state index is 0.143. The highest BCUT2D eigenvalue weighted by atomic mass is 16.5. The number of hydrogen-bond donors (Lipinski definition) is 1. The minimum atomic E-state index is -0.143. The first-order valence-electron chi connectivity index (χ1n) is 6.78. The zero-order chi connectivity index (χ0) is 13.9. The first-order valence-corrected chi connectivity index (χ1v) is 6.78. The van der Waals surface area contributed by atoms with E-state index < -0.39 is 0 Å². The molecule has 0 aliphatic rings. The van der Waals surface area contributed by atoms with Crippen molar-refractivity contribution in [3.63, 3.8) is 0 Å². The van der Waals surface area contributed by atoms with Crippen LogP contribution >= 0.6 is 0 Å². The van der Waals surface area contributed by atoms with Gasteiger partial charge in [0, 0.05) is 12.5 Å². The second-order valence-electron chi connectivity index (χ2n) is 4.18. The van der Waals surface area contributed by atoms with Crippen LogP contribution in [0.3, 0.4) is 0 Å². The molecule has 0 saturated carbocycles. The largest absolute Gasteiger partial charge is 0.494 e. The Bertz CT molecular complexity index is 401. The first kappa shape index (κ1) is 15.3. The molecule has 0 saturated heterocycles. The lowest BCUT2D eigenvalue weighted by atomic mass is 10.2. The standard InChI is InChI=1S/C15H22N2O2/c1-3-9-17-13(12-16)8-10-19-15-7-5-6-14(11-15)18-4-2/h5-7,11,13,17H,3-4,8-10H2,1-2H3. The molecule has 0 radical (unpaired) electrons. The van der Waals surface area contributed by atoms with Crippen LogP contribution in [0, 0.1) is 11.3 Å². The van der Waals surface area contributed by atoms with Gasteiger partial charge in [-0.2, -0.15) is 5.26 Å². The lowest BCUT2D eigenvalue weighted by Gasteiger charge is -2.12. The Kier molecular flexibility index (Phi) is 7.45. The SMILES string of the molecule is CCCNC(C#N)CCOc1cccc(OCC)c1. The zero-order valence-corrected chi connectivity index (χ0v) is 11.7. The third-order valence-corrected chi connectivity index (χ3v) is 2.59. The van der Waals surface area contributed by atoms with Gasteiger partial charge in [-0.1, -0.05) is 13.0 Å². The van der Waals surface area contributed by atoms with Crippen LogP contribution in [0.2, 0.25) is 0 Å². The molecule has 0 aromatic heterocycles. The summed E-state index contributed by atoms with van der Waals surface area (Å²) >= 11 is 0. The van der Waals surface area contributed by atoms with E-state index >= 15 is 0 Å². The number of ether oxygens (including phenoxy) is 2. The molecule has 4 nitrogen and oxygen atoms in total. The quantitative estimate of drug-likeness (QED) is 0.743. The number of nitrogens with one attached hydrogen (secondary N) is 1. The van der Waals surface area contributed by atoms with E-state index in [9.17, 15) is 0 Å². The van der Waals surface area contributed by atoms with Crippen molar-refractivity contribution < 1.29 is 9.47 Å². The molecular formula is C15H22N2O2. The highest BCUT2D eigenvalue weighted by Gasteiger charge is 2.06. The van der Waals surface area contributed by atoms with Gasteiger partial charge in [0.05, 0.1) is 25.3 Å². The summed E-state index contributed by atoms with van der Waals surface area (Å²) in [6.45, 7) is 6.05. The monoisotopic (exact) mass is 262 g/mol. The van der Waals surface area contributed by atoms with Crippen LogP contribution in [0.15, 0.2) is 24.3 Å². The molecule has 1 unspecified atom stereocenters. The van der Waals surface area contributed by atoms with Gasteiger partial charge in [0.25, 0.3) is 0 Å². The maximum Gasteiger partial charge on any atom is 0.122 e. The van der Waals surface area contributed by atoms with Gasteiger partial charge >= 0.3 is 0 Å². The van der Waals surface area contributed by atoms with Gasteiger partial charge in [0.15, 0.2) is 0 Å². The molecule has 104 valence electrons. The summed E-state index contributed by atoms with van der Waals surface area (Å²) in [7, 11) is 0. The summed E-state index contributed by atoms with van der Waals surface area (Å²) < 4.78 is 11.0. The maximum atomic E-state index is 8.98. The van der Waals surface area contributed by atoms with E-state index in [0.29, 0.717) is 19.6 Å². The molecule has 1 aromatic carbocycles. The molecule has 0 heterocycles. The second-order valence-corrected chi connectivity index (χ2v) is 4.18. The van der Waals surface area contributed by atoms with Crippen molar-refractivity contribution in [2.45, 2.75) is 32.7 Å². The highest BCUT2D eigenvalue weighted by Crippen LogP contribution is 2.19. The van der Waals surface area contributed by atoms with Crippen LogP contribution in [0.4, 0.5) is 0 Å². The topological polar surface area (TPSA) is 54.3 Å². The van der Waals surface area contributed by atoms with Gasteiger partial charge in [0.1, 0.15) is 11.5 Å². The van der Waals surface area contributed by atoms with E-state index in [-0.39, 0.29) is 6.04 Å². The zero-order valence-electron chi connectivity index (χ0n) is 11.7. The van der Waals surface area contributed by atoms with E-state index in [1.807, 2.05) is 31.2 Å². The fourth-order valence-corrected chi connectivity index (χ4v) is 1.65. The first-order chi connectivity index (χ1) is 9.30. The lowest BCUT2D eigenvalue weighted by molar-refractivity contribution is 0.293. The van der Waals surface area contributed by atoms with Gasteiger partial charge in [0.2, 0.25) is 0 Å². The average Bonchev–Trinajstić information content (AvgIpc) is 2.43. The Balaban J connectivity index is 2.35. The predicted molar refractivity (Wildman–Crippen MR) is 75.4 cm³/mol. The summed E-state index contributed by atoms with van der Waals surface area (Å²) in [4.78, 5) is 0. The van der Waals surface area contributed by atoms with Crippen LogP contribution in [-0.2, 0) is 0 Å². The van der Waals surface area contributed by atoms with Gasteiger partial charge in [-0.3, -0.25) is 0 Å². The summed E-state index contributed by atoms with van der Waals surface area (Å²) in [5.41, 5.74) is 0. The molecule has 1 rings (SSSR count). The highest BCUT2D eigenvalue weighted by molar-refractivity contribution is 5.32. The number of hydrogen-bond acceptors (Lipinski definition) is 4. The van der Waals surface area contributed by atoms with Crippen molar-refractivity contribution in [2.24, 2.45) is 0 Å². The van der Waals surface area contributed by atoms with Crippen molar-refractivity contribution in [1.29, 1.82) is 5.26 Å². The smallest absolute Gasteiger partial charge is 0.122 e. The number of nitriles is 1. The van der Waals surface area contributed by atoms with Crippen molar-refractivity contribution in [2.75, 3.05) is 19.8 Å². The van der Waals surface area contributed by atoms with Crippen LogP contribution < -0.4 is 14.8 Å². The minimum Gasteiger partial charge on any atom is -0.494 e. The Morgan fingerprint density at radius 2 is 2.00 bits per heavy atom. The van der Waals surface area contributed by atoms with Crippen molar-refractivity contribution in [3.05, 3.63) is 24.3 Å². The Labute approximate surface area is 115 Å². The molecule has 0 amide bonds. The van der Waals surface area contributed by atoms with E-state index in [0.717, 1.165) is 24.5 Å². The van der Waals surface area contributed by atoms with Crippen LogP contribution in [0.25, 0.3) is 0 Å². The number of benzene rings is 1. The number of nitrogens with zero attached hydrogens (tertiary/aromatic N) is 1. The normalized spacial score (nSPS) is 11.6. The van der Waals surface area contributed by atoms with E-state index in [1.165, 1.54) is 0 Å². The molecule has 0 fully saturated rings. The third kappa shape index (κ3) is 6.12. The van der Waals surface area contributed by atoms with Gasteiger partial charge in [-0.05, 0) is 32.0 Å². The fraction of sp³-hybridized carbons (Fsp3) is 0.533. The van der Waals surface area contributed by atoms with Gasteiger partial charge in [-0.25, -0.2) is 0 Å². The van der Waals surface area contributed by atoms with E-state index in [2.05, 4.69) is 18.3 Å². The molecule has 0 aliphatic heterocycles. The molecule has 0 aliphatic carbocycles. The van der Waals surface area contributed by atoms with Gasteiger partial charge in [-0.15, -0.1) is 0 Å². The van der Waals surface area contributed by atoms with E-state index in [4.69, 9.17) is 14.7 Å². The fourth-order valence-electron chi connectivity index (χ4n) is 1.65. The summed E-state index contributed by atoms with van der Waals surface area (Å²) in [5.74, 6) is 1.58. The Morgan fingerprint density at radius 1 is 1.26 bits per heavy atom. The van der Waals surface area contributed by atoms with Crippen LogP contribution in [-0.4, -0.2) is 25.8 Å². The van der Waals surface area contributed by atoms with Gasteiger partial charge < -0.3 is 14.8 Å². The molecule has 1 atom stereocenters. The lowest BCUT2D eigenvalue weighted by Crippen LogP contribution is -2.29. The Hall–Kier alpha value is -1.73. The molecule has 19 heavy (non-hydrogen) atoms. The molecule has 1 N–H and O–H groups in total. The molecular weight excluding hydrogens is 240 g/mol. The van der Waals surface area contributed by atoms with Crippen LogP contribution in [0.1, 0.15) is 26.7 Å². The summed E-state index contributed by atoms with van der Waals surface area (Å²) in [6, 6.07) is 9.65. The average molecular weight is 262 g/mol. The third-order valence-electron chi connectivity index (χ3n) is 2.59. The number of rotatable bonds is 9.